The maximum Gasteiger partial charge on any atom is 0.238 e. The molecule has 17 rings (SSSR count). The third-order valence-electron chi connectivity index (χ3n) is 22.6. The number of halogens is 10. The Balaban J connectivity index is 0.000000124. The molecule has 112 heavy (non-hydrogen) atoms. The third kappa shape index (κ3) is 18.1. The van der Waals surface area contributed by atoms with Crippen molar-refractivity contribution < 1.29 is 79.3 Å². The molecule has 8 aliphatic heterocycles. The third-order valence-corrected chi connectivity index (χ3v) is 27.9. The summed E-state index contributed by atoms with van der Waals surface area (Å²) in [4.78, 5) is 9.45. The summed E-state index contributed by atoms with van der Waals surface area (Å²) in [7, 11) is -10.4. The van der Waals surface area contributed by atoms with Crippen LogP contribution in [-0.4, -0.2) is 131 Å². The zero-order chi connectivity index (χ0) is 79.6. The van der Waals surface area contributed by atoms with E-state index < -0.39 is 119 Å². The lowest BCUT2D eigenvalue weighted by Crippen LogP contribution is -2.47. The average molecular weight is 1700 g/mol. The number of nitrogens with two attached hydrogens (primary N) is 5. The molecule has 12 atom stereocenters. The minimum Gasteiger partial charge on any atom is -0.370 e. The van der Waals surface area contributed by atoms with E-state index in [1.54, 1.807) is 30.3 Å². The smallest absolute Gasteiger partial charge is 0.238 e. The Morgan fingerprint density at radius 1 is 0.393 bits per heavy atom. The molecular formula is C80H85BrClF8N9O10S3. The topological polar surface area (TPSA) is 282 Å². The monoisotopic (exact) mass is 1690 g/mol. The number of primary sulfonamides is 1. The van der Waals surface area contributed by atoms with E-state index in [1.807, 2.05) is 12.1 Å². The van der Waals surface area contributed by atoms with Crippen molar-refractivity contribution in [3.05, 3.63) is 262 Å². The van der Waals surface area contributed by atoms with E-state index in [4.69, 9.17) is 58.6 Å². The summed E-state index contributed by atoms with van der Waals surface area (Å²) in [6.45, 7) is 6.76. The van der Waals surface area contributed by atoms with Gasteiger partial charge >= 0.3 is 0 Å². The van der Waals surface area contributed by atoms with Crippen LogP contribution in [0, 0.1) is 46.5 Å². The van der Waals surface area contributed by atoms with Crippen LogP contribution in [-0.2, 0) is 101 Å². The van der Waals surface area contributed by atoms with Gasteiger partial charge in [0.2, 0.25) is 10.0 Å². The molecule has 598 valence electrons. The Hall–Kier alpha value is -6.70. The van der Waals surface area contributed by atoms with Crippen molar-refractivity contribution in [3.63, 3.8) is 0 Å². The summed E-state index contributed by atoms with van der Waals surface area (Å²) in [6, 6.07) is 31.5. The highest BCUT2D eigenvalue weighted by Gasteiger charge is 2.43. The molecule has 0 aromatic heterocycles. The maximum absolute atomic E-state index is 14.1. The minimum absolute atomic E-state index is 0.00629. The predicted molar refractivity (Wildman–Crippen MR) is 406 cm³/mol. The van der Waals surface area contributed by atoms with E-state index in [1.165, 1.54) is 29.3 Å². The zero-order valence-corrected chi connectivity index (χ0v) is 65.6. The Bertz CT molecular complexity index is 5250. The first-order chi connectivity index (χ1) is 53.2. The van der Waals surface area contributed by atoms with E-state index in [9.17, 15) is 60.4 Å². The molecule has 0 bridgehead atoms. The van der Waals surface area contributed by atoms with Crippen molar-refractivity contribution in [2.24, 2.45) is 28.1 Å². The SMILES string of the molecule is CS(=O)(=O)c1ccc2c(c1Cl)CN([C@H]1CO[C@H](c3cc(F)ccc3F)[C@@H](N)C1)C2.N[C@H]1C[C@@H](N2Cc3ccc(Br)cc3C2)CO[C@@H]1c1cc(F)ccc1F.N[C@H]1C[C@@H](N2Cc3ccc(S(=O)(=O)C4CC4)cc3C2)CO[C@@H]1c1cc(F)ccc1F.N[C@H]1C[C@@H](N2Cc3ccc(S(N)(=O)=O)cc3C2)CO[C@@H]1c1cc(F)ccc1F. The number of hydrogen-bond donors (Lipinski definition) is 5. The number of rotatable bonds is 12. The van der Waals surface area contributed by atoms with Crippen molar-refractivity contribution in [3.8, 4) is 0 Å². The second kappa shape index (κ2) is 33.5. The lowest BCUT2D eigenvalue weighted by atomic mass is 9.93. The van der Waals surface area contributed by atoms with Crippen molar-refractivity contribution in [2.75, 3.05) is 32.7 Å². The Morgan fingerprint density at radius 3 is 1.05 bits per heavy atom. The molecule has 4 saturated heterocycles. The molecule has 0 spiro atoms. The molecule has 1 saturated carbocycles. The first-order valence-electron chi connectivity index (χ1n) is 36.7. The van der Waals surface area contributed by atoms with E-state index in [0.29, 0.717) is 96.3 Å². The van der Waals surface area contributed by atoms with Crippen LogP contribution in [0.4, 0.5) is 35.1 Å². The molecule has 32 heteroatoms. The van der Waals surface area contributed by atoms with Crippen molar-refractivity contribution in [1.29, 1.82) is 0 Å². The van der Waals surface area contributed by atoms with Gasteiger partial charge in [0, 0.05) is 134 Å². The lowest BCUT2D eigenvalue weighted by Gasteiger charge is -2.38. The first kappa shape index (κ1) is 81.9. The molecule has 8 aromatic carbocycles. The van der Waals surface area contributed by atoms with Gasteiger partial charge in [-0.3, -0.25) is 19.6 Å². The zero-order valence-electron chi connectivity index (χ0n) is 60.8. The van der Waals surface area contributed by atoms with E-state index in [-0.39, 0.29) is 72.5 Å². The van der Waals surface area contributed by atoms with Crippen molar-refractivity contribution in [1.82, 2.24) is 19.6 Å². The molecule has 5 fully saturated rings. The number of benzene rings is 8. The minimum atomic E-state index is -3.75. The molecule has 0 unspecified atom stereocenters. The van der Waals surface area contributed by atoms with Crippen LogP contribution in [0.25, 0.3) is 0 Å². The number of fused-ring (bicyclic) bond motifs is 4. The molecule has 8 aromatic rings. The van der Waals surface area contributed by atoms with Gasteiger partial charge in [0.05, 0.1) is 51.4 Å². The summed E-state index contributed by atoms with van der Waals surface area (Å²) >= 11 is 9.88. The van der Waals surface area contributed by atoms with E-state index in [2.05, 4.69) is 47.7 Å². The first-order valence-corrected chi connectivity index (χ1v) is 42.9. The second-order valence-corrected chi connectivity index (χ2v) is 37.4. The fraction of sp³-hybridized carbons (Fsp3) is 0.400. The molecule has 0 amide bonds. The summed E-state index contributed by atoms with van der Waals surface area (Å²) in [5, 5.41) is 5.24. The predicted octanol–water partition coefficient (Wildman–Crippen LogP) is 12.0. The molecule has 19 nitrogen and oxygen atoms in total. The normalized spacial score (nSPS) is 26.2. The highest BCUT2D eigenvalue weighted by Crippen LogP contribution is 2.43. The van der Waals surface area contributed by atoms with Crippen molar-refractivity contribution in [2.45, 2.75) is 184 Å². The molecular weight excluding hydrogens is 1610 g/mol. The molecule has 9 aliphatic rings. The number of ether oxygens (including phenoxy) is 4. The quantitative estimate of drug-likeness (QED) is 0.0711. The Morgan fingerprint density at radius 2 is 0.705 bits per heavy atom. The maximum atomic E-state index is 14.1. The second-order valence-electron chi connectivity index (χ2n) is 30.4. The van der Waals surface area contributed by atoms with E-state index >= 15 is 0 Å². The van der Waals surface area contributed by atoms with Gasteiger partial charge in [0.1, 0.15) is 71.0 Å². The molecule has 10 N–H and O–H groups in total. The number of sulfone groups is 2. The van der Waals surface area contributed by atoms with Crippen LogP contribution >= 0.6 is 27.5 Å². The standard InChI is InChI=1S/C22H24F2N2O3S.C20H21ClF2N2O3S.C19H19BrF2N2O.C19H21F2N3O3S/c23-15-2-6-20(24)19(8-15)22-21(25)9-16(12-29-22)26-10-13-1-3-18(7-14(13)11-26)30(27,28)17-4-5-17;1-29(26,27)18-5-2-11-8-25(9-15(11)19(18)21)13-7-17(24)20(28-10-13)14-6-12(22)3-4-16(14)23;20-13-2-1-11-8-24(9-12(11)5-13)15-7-18(23)19(25-10-15)16-6-14(21)3-4-17(16)22;20-13-2-4-17(21)16(6-13)19-18(22)7-14(10-27-19)24-8-11-1-3-15(28(23,25)26)5-12(11)9-24/h1-3,6-8,16-17,21-22H,4-5,9-12,25H2;2-6,13,17,20H,7-10,24H2,1H3;1-6,15,18-19H,7-10,23H2;1-6,14,18-19H,7-10,22H2,(H2,23,25,26)/t16-,21+,22-;13-,17+,20-;15-,18+,19-;14-,18+,19-/m1111/s1. The van der Waals surface area contributed by atoms with Crippen LogP contribution in [0.3, 0.4) is 0 Å². The highest BCUT2D eigenvalue weighted by molar-refractivity contribution is 9.10. The lowest BCUT2D eigenvalue weighted by molar-refractivity contribution is -0.0531. The number of nitrogens with zero attached hydrogens (tertiary/aromatic N) is 4. The van der Waals surface area contributed by atoms with Gasteiger partial charge in [0.15, 0.2) is 19.7 Å². The Kier molecular flexibility index (Phi) is 24.5. The highest BCUT2D eigenvalue weighted by atomic mass is 79.9. The summed E-state index contributed by atoms with van der Waals surface area (Å²) in [5.41, 5.74) is 34.1. The molecule has 8 heterocycles. The number of hydrogen-bond acceptors (Lipinski definition) is 18. The number of sulfonamides is 1. The average Bonchev–Trinajstić information content (AvgIpc) is 1.62. The van der Waals surface area contributed by atoms with Crippen LogP contribution in [0.2, 0.25) is 5.02 Å². The van der Waals surface area contributed by atoms with Gasteiger partial charge in [-0.15, -0.1) is 0 Å². The Labute approximate surface area is 658 Å². The molecule has 1 aliphatic carbocycles. The summed E-state index contributed by atoms with van der Waals surface area (Å²) in [5.74, 6) is -4.14. The van der Waals surface area contributed by atoms with Gasteiger partial charge in [-0.05, 0) is 198 Å². The van der Waals surface area contributed by atoms with Crippen LogP contribution < -0.4 is 28.1 Å². The van der Waals surface area contributed by atoms with Gasteiger partial charge in [-0.2, -0.15) is 0 Å². The molecule has 0 radical (unpaired) electrons. The van der Waals surface area contributed by atoms with E-state index in [0.717, 1.165) is 137 Å². The largest absolute Gasteiger partial charge is 0.370 e. The van der Waals surface area contributed by atoms with Crippen molar-refractivity contribution >= 4 is 57.2 Å². The fourth-order valence-electron chi connectivity index (χ4n) is 16.5. The fourth-order valence-corrected chi connectivity index (χ4v) is 20.6. The van der Waals surface area contributed by atoms with Crippen LogP contribution in [0.15, 0.2) is 159 Å². The van der Waals surface area contributed by atoms with Gasteiger partial charge in [0.25, 0.3) is 0 Å². The van der Waals surface area contributed by atoms with Gasteiger partial charge < -0.3 is 41.9 Å². The van der Waals surface area contributed by atoms with Gasteiger partial charge in [-0.1, -0.05) is 51.8 Å². The van der Waals surface area contributed by atoms with Gasteiger partial charge in [-0.25, -0.2) is 65.5 Å². The van der Waals surface area contributed by atoms with Crippen LogP contribution in [0.1, 0.15) is 130 Å². The summed E-state index contributed by atoms with van der Waals surface area (Å²) in [6.07, 6.45) is 2.28. The van der Waals surface area contributed by atoms with Crippen LogP contribution in [0.5, 0.6) is 0 Å². The summed E-state index contributed by atoms with van der Waals surface area (Å²) < 4.78 is 207.